The first-order valence-electron chi connectivity index (χ1n) is 4.00. The number of carbonyl (C=O) groups is 1. The summed E-state index contributed by atoms with van der Waals surface area (Å²) in [5.74, 6) is -0.474. The van der Waals surface area contributed by atoms with Gasteiger partial charge < -0.3 is 15.3 Å². The lowest BCUT2D eigenvalue weighted by atomic mass is 10.3. The van der Waals surface area contributed by atoms with Crippen LogP contribution in [0.1, 0.15) is 17.4 Å². The van der Waals surface area contributed by atoms with Gasteiger partial charge in [0.2, 0.25) is 0 Å². The second-order valence-electron chi connectivity index (χ2n) is 2.44. The number of carbonyl (C=O) groups excluding carboxylic acids is 1. The second kappa shape index (κ2) is 4.23. The lowest BCUT2D eigenvalue weighted by molar-refractivity contribution is 0.0521. The number of nitrogen functional groups attached to an aromatic ring is 1. The lowest BCUT2D eigenvalue weighted by Gasteiger charge is -2.00. The van der Waals surface area contributed by atoms with Crippen LogP contribution in [-0.2, 0) is 4.74 Å². The molecule has 72 valence electrons. The molecule has 5 nitrogen and oxygen atoms in total. The molecule has 1 aromatic rings. The molecule has 2 N–H and O–H groups in total. The molecule has 0 saturated carbocycles. The van der Waals surface area contributed by atoms with Crippen LogP contribution in [0, 0.1) is 6.57 Å². The third-order valence-corrected chi connectivity index (χ3v) is 1.50. The number of anilines is 1. The highest BCUT2D eigenvalue weighted by molar-refractivity contribution is 5.93. The van der Waals surface area contributed by atoms with Crippen molar-refractivity contribution in [1.82, 2.24) is 4.98 Å². The largest absolute Gasteiger partial charge is 0.460 e. The van der Waals surface area contributed by atoms with E-state index >= 15 is 0 Å². The number of nitrogens with two attached hydrogens (primary N) is 1. The van der Waals surface area contributed by atoms with Crippen LogP contribution >= 0.6 is 0 Å². The molecule has 0 bridgehead atoms. The first-order valence-corrected chi connectivity index (χ1v) is 4.00. The van der Waals surface area contributed by atoms with Gasteiger partial charge in [-0.05, 0) is 19.1 Å². The van der Waals surface area contributed by atoms with Gasteiger partial charge in [0.1, 0.15) is 0 Å². The van der Waals surface area contributed by atoms with E-state index in [9.17, 15) is 4.79 Å². The molecule has 1 rings (SSSR count). The van der Waals surface area contributed by atoms with Crippen LogP contribution in [0.25, 0.3) is 4.85 Å². The third-order valence-electron chi connectivity index (χ3n) is 1.50. The maximum absolute atomic E-state index is 11.3. The van der Waals surface area contributed by atoms with Gasteiger partial charge in [0.15, 0.2) is 0 Å². The van der Waals surface area contributed by atoms with Crippen molar-refractivity contribution in [3.63, 3.8) is 0 Å². The van der Waals surface area contributed by atoms with E-state index in [-0.39, 0.29) is 23.8 Å². The van der Waals surface area contributed by atoms with Gasteiger partial charge in [0.05, 0.1) is 12.3 Å². The van der Waals surface area contributed by atoms with Gasteiger partial charge in [-0.15, -0.1) is 4.98 Å². The minimum atomic E-state index is -0.601. The second-order valence-corrected chi connectivity index (χ2v) is 2.44. The van der Waals surface area contributed by atoms with Gasteiger partial charge in [-0.2, -0.15) is 0 Å². The van der Waals surface area contributed by atoms with E-state index in [2.05, 4.69) is 9.83 Å². The molecule has 0 amide bonds. The molecule has 1 aromatic heterocycles. The zero-order chi connectivity index (χ0) is 10.6. The molecule has 0 saturated heterocycles. The van der Waals surface area contributed by atoms with E-state index in [0.29, 0.717) is 0 Å². The van der Waals surface area contributed by atoms with E-state index < -0.39 is 5.97 Å². The summed E-state index contributed by atoms with van der Waals surface area (Å²) in [6.45, 7) is 8.66. The van der Waals surface area contributed by atoms with Gasteiger partial charge in [0.25, 0.3) is 11.5 Å². The maximum atomic E-state index is 11.3. The number of aromatic nitrogens is 1. The summed E-state index contributed by atoms with van der Waals surface area (Å²) in [5, 5.41) is 0. The highest BCUT2D eigenvalue weighted by Gasteiger charge is 2.17. The van der Waals surface area contributed by atoms with Gasteiger partial charge >= 0.3 is 5.97 Å². The SMILES string of the molecule is [C-]#[N+]c1ccc(N)c(C(=O)OCC)n1. The van der Waals surface area contributed by atoms with E-state index in [0.717, 1.165) is 0 Å². The Morgan fingerprint density at radius 2 is 2.43 bits per heavy atom. The molecule has 0 aliphatic heterocycles. The molecular formula is C9H9N3O2. The minimum absolute atomic E-state index is 0.000324. The van der Waals surface area contributed by atoms with Crippen LogP contribution in [-0.4, -0.2) is 17.6 Å². The smallest absolute Gasteiger partial charge is 0.383 e. The van der Waals surface area contributed by atoms with Crippen molar-refractivity contribution < 1.29 is 9.53 Å². The topological polar surface area (TPSA) is 69.6 Å². The quantitative estimate of drug-likeness (QED) is 0.566. The molecular weight excluding hydrogens is 182 g/mol. The number of nitrogens with zero attached hydrogens (tertiary/aromatic N) is 2. The summed E-state index contributed by atoms with van der Waals surface area (Å²) in [4.78, 5) is 18.1. The molecule has 0 radical (unpaired) electrons. The lowest BCUT2D eigenvalue weighted by Crippen LogP contribution is -2.09. The van der Waals surface area contributed by atoms with Gasteiger partial charge in [0, 0.05) is 0 Å². The predicted octanol–water partition coefficient (Wildman–Crippen LogP) is 1.39. The number of hydrogen-bond acceptors (Lipinski definition) is 4. The Labute approximate surface area is 81.3 Å². The molecule has 0 aromatic carbocycles. The Morgan fingerprint density at radius 1 is 1.71 bits per heavy atom. The van der Waals surface area contributed by atoms with Crippen LogP contribution in [0.5, 0.6) is 0 Å². The summed E-state index contributed by atoms with van der Waals surface area (Å²) in [5.41, 5.74) is 5.73. The highest BCUT2D eigenvalue weighted by Crippen LogP contribution is 2.16. The van der Waals surface area contributed by atoms with Crippen molar-refractivity contribution >= 4 is 17.5 Å². The molecule has 5 heteroatoms. The van der Waals surface area contributed by atoms with E-state index in [1.54, 1.807) is 6.92 Å². The highest BCUT2D eigenvalue weighted by atomic mass is 16.5. The Kier molecular flexibility index (Phi) is 3.02. The van der Waals surface area contributed by atoms with Crippen molar-refractivity contribution in [1.29, 1.82) is 0 Å². The van der Waals surface area contributed by atoms with Crippen molar-refractivity contribution in [2.45, 2.75) is 6.92 Å². The van der Waals surface area contributed by atoms with Crippen LogP contribution in [0.2, 0.25) is 0 Å². The van der Waals surface area contributed by atoms with Crippen LogP contribution < -0.4 is 5.73 Å². The van der Waals surface area contributed by atoms with Crippen LogP contribution in [0.3, 0.4) is 0 Å². The fourth-order valence-corrected chi connectivity index (χ4v) is 0.885. The Hall–Kier alpha value is -2.09. The molecule has 0 fully saturated rings. The molecule has 1 heterocycles. The summed E-state index contributed by atoms with van der Waals surface area (Å²) in [7, 11) is 0. The molecule has 0 aliphatic carbocycles. The maximum Gasteiger partial charge on any atom is 0.383 e. The van der Waals surface area contributed by atoms with E-state index in [1.165, 1.54) is 12.1 Å². The Bertz CT molecular complexity index is 396. The fraction of sp³-hybridized carbons (Fsp3) is 0.222. The molecule has 14 heavy (non-hydrogen) atoms. The summed E-state index contributed by atoms with van der Waals surface area (Å²) >= 11 is 0. The standard InChI is InChI=1S/C9H9N3O2/c1-3-14-9(13)8-6(10)4-5-7(11-2)12-8/h4-5H,3,10H2,1H3. The number of pyridine rings is 1. The zero-order valence-corrected chi connectivity index (χ0v) is 7.65. The molecule has 0 atom stereocenters. The van der Waals surface area contributed by atoms with Crippen molar-refractivity contribution in [2.75, 3.05) is 12.3 Å². The van der Waals surface area contributed by atoms with Gasteiger partial charge in [-0.1, -0.05) is 6.57 Å². The van der Waals surface area contributed by atoms with E-state index in [1.807, 2.05) is 0 Å². The first kappa shape index (κ1) is 9.99. The van der Waals surface area contributed by atoms with Gasteiger partial charge in [-0.3, -0.25) is 0 Å². The zero-order valence-electron chi connectivity index (χ0n) is 7.65. The number of hydrogen-bond donors (Lipinski definition) is 1. The predicted molar refractivity (Wildman–Crippen MR) is 50.9 cm³/mol. The van der Waals surface area contributed by atoms with Crippen LogP contribution in [0.15, 0.2) is 12.1 Å². The number of rotatable bonds is 2. The average molecular weight is 191 g/mol. The molecule has 0 unspecified atom stereocenters. The number of esters is 1. The molecule has 0 aliphatic rings. The van der Waals surface area contributed by atoms with Crippen LogP contribution in [0.4, 0.5) is 11.5 Å². The number of ether oxygens (including phenoxy) is 1. The first-order chi connectivity index (χ1) is 6.69. The van der Waals surface area contributed by atoms with Gasteiger partial charge in [-0.25, -0.2) is 4.79 Å². The van der Waals surface area contributed by atoms with Crippen molar-refractivity contribution in [2.24, 2.45) is 0 Å². The molecule has 0 spiro atoms. The summed E-state index contributed by atoms with van der Waals surface area (Å²) in [6, 6.07) is 2.91. The summed E-state index contributed by atoms with van der Waals surface area (Å²) in [6.07, 6.45) is 0. The van der Waals surface area contributed by atoms with E-state index in [4.69, 9.17) is 17.0 Å². The van der Waals surface area contributed by atoms with Crippen molar-refractivity contribution in [3.05, 3.63) is 29.2 Å². The Balaban J connectivity index is 3.07. The fourth-order valence-electron chi connectivity index (χ4n) is 0.885. The normalized spacial score (nSPS) is 9.14. The minimum Gasteiger partial charge on any atom is -0.460 e. The average Bonchev–Trinajstić information content (AvgIpc) is 2.19. The Morgan fingerprint density at radius 3 is 3.00 bits per heavy atom. The van der Waals surface area contributed by atoms with Crippen molar-refractivity contribution in [3.8, 4) is 0 Å². The third kappa shape index (κ3) is 1.98. The monoisotopic (exact) mass is 191 g/mol. The summed E-state index contributed by atoms with van der Waals surface area (Å²) < 4.78 is 4.72.